The summed E-state index contributed by atoms with van der Waals surface area (Å²) in [5.74, 6) is 0.605. The van der Waals surface area contributed by atoms with Gasteiger partial charge in [0.25, 0.3) is 5.91 Å². The van der Waals surface area contributed by atoms with Crippen molar-refractivity contribution < 1.29 is 9.59 Å². The summed E-state index contributed by atoms with van der Waals surface area (Å²) in [6.07, 6.45) is 1.45. The van der Waals surface area contributed by atoms with Crippen LogP contribution in [-0.4, -0.2) is 50.6 Å². The van der Waals surface area contributed by atoms with Crippen LogP contribution >= 0.6 is 12.2 Å². The van der Waals surface area contributed by atoms with E-state index in [1.54, 1.807) is 4.57 Å². The summed E-state index contributed by atoms with van der Waals surface area (Å²) in [6.45, 7) is 5.29. The summed E-state index contributed by atoms with van der Waals surface area (Å²) < 4.78 is 2.17. The average molecular weight is 450 g/mol. The number of hydrogen-bond acceptors (Lipinski definition) is 4. The highest BCUT2D eigenvalue weighted by molar-refractivity contribution is 7.71. The van der Waals surface area contributed by atoms with Gasteiger partial charge in [0.2, 0.25) is 5.91 Å². The van der Waals surface area contributed by atoms with Crippen LogP contribution in [0.5, 0.6) is 0 Å². The Labute approximate surface area is 192 Å². The van der Waals surface area contributed by atoms with Gasteiger partial charge in [0.15, 0.2) is 10.6 Å². The van der Waals surface area contributed by atoms with Gasteiger partial charge in [0.1, 0.15) is 6.54 Å². The van der Waals surface area contributed by atoms with E-state index in [9.17, 15) is 9.59 Å². The van der Waals surface area contributed by atoms with Gasteiger partial charge in [0.05, 0.1) is 0 Å². The van der Waals surface area contributed by atoms with Gasteiger partial charge in [-0.05, 0) is 56.6 Å². The number of H-pyrrole nitrogens is 1. The molecule has 1 fully saturated rings. The lowest BCUT2D eigenvalue weighted by Gasteiger charge is -2.32. The maximum Gasteiger partial charge on any atom is 0.251 e. The molecule has 0 aliphatic carbocycles. The van der Waals surface area contributed by atoms with Crippen LogP contribution in [0.3, 0.4) is 0 Å². The van der Waals surface area contributed by atoms with Gasteiger partial charge < -0.3 is 10.2 Å². The number of rotatable bonds is 5. The zero-order chi connectivity index (χ0) is 22.7. The van der Waals surface area contributed by atoms with Gasteiger partial charge in [-0.3, -0.25) is 19.3 Å². The lowest BCUT2D eigenvalue weighted by Crippen LogP contribution is -2.47. The minimum atomic E-state index is -0.0552. The second-order valence-corrected chi connectivity index (χ2v) is 8.64. The van der Waals surface area contributed by atoms with Gasteiger partial charge >= 0.3 is 0 Å². The topological polar surface area (TPSA) is 83.0 Å². The number of carbonyl (C=O) groups is 2. The molecule has 0 atom stereocenters. The summed E-state index contributed by atoms with van der Waals surface area (Å²) >= 11 is 5.38. The number of nitrogens with zero attached hydrogens (tertiary/aromatic N) is 3. The largest absolute Gasteiger partial charge is 0.349 e. The van der Waals surface area contributed by atoms with E-state index < -0.39 is 0 Å². The molecule has 1 saturated heterocycles. The quantitative estimate of drug-likeness (QED) is 0.583. The molecule has 2 aromatic carbocycles. The third kappa shape index (κ3) is 4.80. The first-order valence-corrected chi connectivity index (χ1v) is 11.2. The molecule has 0 radical (unpaired) electrons. The molecule has 1 aliphatic heterocycles. The Morgan fingerprint density at radius 3 is 2.59 bits per heavy atom. The lowest BCUT2D eigenvalue weighted by atomic mass is 10.0. The number of piperidine rings is 1. The number of likely N-dealkylation sites (tertiary alicyclic amines) is 1. The Morgan fingerprint density at radius 1 is 1.12 bits per heavy atom. The maximum atomic E-state index is 13.0. The summed E-state index contributed by atoms with van der Waals surface area (Å²) in [7, 11) is 0. The van der Waals surface area contributed by atoms with Crippen LogP contribution in [0.2, 0.25) is 0 Å². The predicted octanol–water partition coefficient (Wildman–Crippen LogP) is 3.65. The number of hydrogen-bond donors (Lipinski definition) is 2. The molecule has 0 saturated carbocycles. The molecular formula is C24H27N5O2S. The Hall–Kier alpha value is -3.26. The molecule has 1 aromatic heterocycles. The van der Waals surface area contributed by atoms with Gasteiger partial charge in [-0.25, -0.2) is 0 Å². The minimum Gasteiger partial charge on any atom is -0.349 e. The van der Waals surface area contributed by atoms with E-state index in [1.165, 1.54) is 0 Å². The molecule has 3 aromatic rings. The van der Waals surface area contributed by atoms with Crippen LogP contribution in [0.4, 0.5) is 0 Å². The van der Waals surface area contributed by atoms with Crippen molar-refractivity contribution in [3.8, 4) is 11.4 Å². The summed E-state index contributed by atoms with van der Waals surface area (Å²) in [4.78, 5) is 27.4. The molecule has 4 rings (SSSR count). The van der Waals surface area contributed by atoms with Crippen molar-refractivity contribution in [3.05, 3.63) is 70.0 Å². The highest BCUT2D eigenvalue weighted by Crippen LogP contribution is 2.20. The highest BCUT2D eigenvalue weighted by Gasteiger charge is 2.25. The molecule has 0 bridgehead atoms. The van der Waals surface area contributed by atoms with E-state index in [1.807, 2.05) is 67.3 Å². The number of nitrogens with one attached hydrogen (secondary N) is 2. The van der Waals surface area contributed by atoms with Crippen LogP contribution in [0.1, 0.15) is 34.3 Å². The number of benzene rings is 2. The molecule has 8 heteroatoms. The second-order valence-electron chi connectivity index (χ2n) is 8.25. The van der Waals surface area contributed by atoms with E-state index in [0.717, 1.165) is 29.5 Å². The molecule has 2 amide bonds. The zero-order valence-corrected chi connectivity index (χ0v) is 19.1. The Kier molecular flexibility index (Phi) is 6.50. The number of aromatic amines is 1. The van der Waals surface area contributed by atoms with Crippen molar-refractivity contribution in [2.75, 3.05) is 13.1 Å². The fourth-order valence-corrected chi connectivity index (χ4v) is 4.26. The standard InChI is InChI=1S/C24H27N5O2S/c1-16-6-5-8-18(14-16)22-26-27-24(32)29(22)15-21(30)28-12-10-19(11-13-28)25-23(31)20-9-4-3-7-17(20)2/h3-9,14,19H,10-13,15H2,1-2H3,(H,25,31)(H,27,32). The molecule has 7 nitrogen and oxygen atoms in total. The van der Waals surface area contributed by atoms with Crippen molar-refractivity contribution in [3.63, 3.8) is 0 Å². The fraction of sp³-hybridized carbons (Fsp3) is 0.333. The maximum absolute atomic E-state index is 13.0. The van der Waals surface area contributed by atoms with Gasteiger partial charge in [0, 0.05) is 30.3 Å². The molecule has 166 valence electrons. The van der Waals surface area contributed by atoms with Crippen LogP contribution in [-0.2, 0) is 11.3 Å². The van der Waals surface area contributed by atoms with Crippen LogP contribution in [0, 0.1) is 18.6 Å². The predicted molar refractivity (Wildman–Crippen MR) is 126 cm³/mol. The zero-order valence-electron chi connectivity index (χ0n) is 18.3. The van der Waals surface area contributed by atoms with Crippen molar-refractivity contribution >= 4 is 24.0 Å². The first-order chi connectivity index (χ1) is 15.4. The molecule has 1 aliphatic rings. The van der Waals surface area contributed by atoms with Crippen LogP contribution in [0.25, 0.3) is 11.4 Å². The van der Waals surface area contributed by atoms with E-state index >= 15 is 0 Å². The fourth-order valence-electron chi connectivity index (χ4n) is 4.07. The first kappa shape index (κ1) is 22.0. The van der Waals surface area contributed by atoms with Crippen molar-refractivity contribution in [2.24, 2.45) is 0 Å². The summed E-state index contributed by atoms with van der Waals surface area (Å²) in [5, 5.41) is 10.3. The molecule has 2 heterocycles. The van der Waals surface area contributed by atoms with Crippen LogP contribution < -0.4 is 5.32 Å². The monoisotopic (exact) mass is 449 g/mol. The van der Waals surface area contributed by atoms with E-state index in [2.05, 4.69) is 15.5 Å². The molecule has 0 unspecified atom stereocenters. The highest BCUT2D eigenvalue weighted by atomic mass is 32.1. The third-order valence-corrected chi connectivity index (χ3v) is 6.21. The average Bonchev–Trinajstić information content (AvgIpc) is 3.14. The number of aromatic nitrogens is 3. The summed E-state index contributed by atoms with van der Waals surface area (Å²) in [6, 6.07) is 15.6. The second kappa shape index (κ2) is 9.48. The molecule has 32 heavy (non-hydrogen) atoms. The van der Waals surface area contributed by atoms with E-state index in [-0.39, 0.29) is 24.4 Å². The minimum absolute atomic E-state index is 0.0000772. The Bertz CT molecular complexity index is 1190. The molecular weight excluding hydrogens is 422 g/mol. The van der Waals surface area contributed by atoms with Crippen molar-refractivity contribution in [2.45, 2.75) is 39.3 Å². The lowest BCUT2D eigenvalue weighted by molar-refractivity contribution is -0.132. The van der Waals surface area contributed by atoms with Gasteiger partial charge in [-0.15, -0.1) is 0 Å². The third-order valence-electron chi connectivity index (χ3n) is 5.90. The van der Waals surface area contributed by atoms with Crippen LogP contribution in [0.15, 0.2) is 48.5 Å². The smallest absolute Gasteiger partial charge is 0.251 e. The molecule has 2 N–H and O–H groups in total. The SMILES string of the molecule is Cc1cccc(-c2n[nH]c(=S)n2CC(=O)N2CCC(NC(=O)c3ccccc3C)CC2)c1. The van der Waals surface area contributed by atoms with E-state index in [0.29, 0.717) is 29.2 Å². The number of carbonyl (C=O) groups excluding carboxylic acids is 2. The normalized spacial score (nSPS) is 14.4. The number of amides is 2. The van der Waals surface area contributed by atoms with E-state index in [4.69, 9.17) is 12.2 Å². The first-order valence-electron chi connectivity index (χ1n) is 10.8. The van der Waals surface area contributed by atoms with Gasteiger partial charge in [-0.2, -0.15) is 5.10 Å². The number of aryl methyl sites for hydroxylation is 2. The van der Waals surface area contributed by atoms with Gasteiger partial charge in [-0.1, -0.05) is 42.0 Å². The molecule has 0 spiro atoms. The Morgan fingerprint density at radius 2 is 1.88 bits per heavy atom. The van der Waals surface area contributed by atoms with Crippen molar-refractivity contribution in [1.29, 1.82) is 0 Å². The van der Waals surface area contributed by atoms with Crippen molar-refractivity contribution in [1.82, 2.24) is 25.0 Å². The Balaban J connectivity index is 1.37. The summed E-state index contributed by atoms with van der Waals surface area (Å²) in [5.41, 5.74) is 3.69.